The van der Waals surface area contributed by atoms with Crippen molar-refractivity contribution in [2.45, 2.75) is 32.3 Å². The molecule has 0 bridgehead atoms. The second kappa shape index (κ2) is 4.53. The summed E-state index contributed by atoms with van der Waals surface area (Å²) in [6, 6.07) is 2.62. The van der Waals surface area contributed by atoms with E-state index < -0.39 is 0 Å². The number of hydrogen-bond donors (Lipinski definition) is 3. The van der Waals surface area contributed by atoms with Gasteiger partial charge in [-0.05, 0) is 6.42 Å². The van der Waals surface area contributed by atoms with Gasteiger partial charge in [-0.25, -0.2) is 0 Å². The molecule has 5 nitrogen and oxygen atoms in total. The largest absolute Gasteiger partial charge is 0.508 e. The Bertz CT molecular complexity index is 456. The summed E-state index contributed by atoms with van der Waals surface area (Å²) in [6.07, 6.45) is 2.15. The lowest BCUT2D eigenvalue weighted by molar-refractivity contribution is 0.186. The van der Waals surface area contributed by atoms with Gasteiger partial charge in [0.25, 0.3) is 0 Å². The Labute approximate surface area is 99.0 Å². The third-order valence-electron chi connectivity index (χ3n) is 2.80. The van der Waals surface area contributed by atoms with Crippen LogP contribution in [-0.2, 0) is 0 Å². The Morgan fingerprint density at radius 2 is 2.18 bits per heavy atom. The quantitative estimate of drug-likeness (QED) is 0.544. The lowest BCUT2D eigenvalue weighted by atomic mass is 9.96. The second-order valence-electron chi connectivity index (χ2n) is 4.12. The number of fused-ring (bicyclic) bond motifs is 1. The van der Waals surface area contributed by atoms with E-state index in [1.54, 1.807) is 0 Å². The second-order valence-corrected chi connectivity index (χ2v) is 4.12. The van der Waals surface area contributed by atoms with Crippen molar-refractivity contribution >= 4 is 5.71 Å². The van der Waals surface area contributed by atoms with Crippen LogP contribution in [0.15, 0.2) is 17.3 Å². The van der Waals surface area contributed by atoms with Crippen LogP contribution in [0.4, 0.5) is 0 Å². The number of hydrogen-bond acceptors (Lipinski definition) is 5. The molecule has 1 aliphatic heterocycles. The molecule has 1 aromatic carbocycles. The van der Waals surface area contributed by atoms with Gasteiger partial charge in [-0.1, -0.05) is 18.5 Å². The van der Waals surface area contributed by atoms with Crippen LogP contribution < -0.4 is 4.74 Å². The van der Waals surface area contributed by atoms with E-state index in [9.17, 15) is 10.2 Å². The molecule has 0 amide bonds. The van der Waals surface area contributed by atoms with Crippen LogP contribution in [0.5, 0.6) is 17.2 Å². The predicted octanol–water partition coefficient (Wildman–Crippen LogP) is 2.23. The van der Waals surface area contributed by atoms with Crippen molar-refractivity contribution in [3.8, 4) is 17.2 Å². The molecule has 1 atom stereocenters. The van der Waals surface area contributed by atoms with Gasteiger partial charge in [0.2, 0.25) is 0 Å². The van der Waals surface area contributed by atoms with Gasteiger partial charge in [-0.2, -0.15) is 0 Å². The van der Waals surface area contributed by atoms with E-state index in [0.29, 0.717) is 23.4 Å². The van der Waals surface area contributed by atoms with E-state index >= 15 is 0 Å². The minimum absolute atomic E-state index is 0.0734. The summed E-state index contributed by atoms with van der Waals surface area (Å²) in [6.45, 7) is 2.04. The molecule has 0 radical (unpaired) electrons. The molecule has 1 unspecified atom stereocenters. The maximum atomic E-state index is 9.72. The van der Waals surface area contributed by atoms with Crippen LogP contribution in [0.3, 0.4) is 0 Å². The Morgan fingerprint density at radius 3 is 2.82 bits per heavy atom. The number of phenols is 2. The number of oxime groups is 1. The molecule has 17 heavy (non-hydrogen) atoms. The fourth-order valence-corrected chi connectivity index (χ4v) is 2.08. The summed E-state index contributed by atoms with van der Waals surface area (Å²) in [7, 11) is 0. The summed E-state index contributed by atoms with van der Waals surface area (Å²) >= 11 is 0. The van der Waals surface area contributed by atoms with Gasteiger partial charge in [0.1, 0.15) is 23.4 Å². The number of rotatable bonds is 2. The molecule has 92 valence electrons. The van der Waals surface area contributed by atoms with Crippen molar-refractivity contribution in [3.05, 3.63) is 17.7 Å². The van der Waals surface area contributed by atoms with Crippen molar-refractivity contribution in [2.75, 3.05) is 0 Å². The smallest absolute Gasteiger partial charge is 0.136 e. The first kappa shape index (κ1) is 11.6. The molecule has 1 heterocycles. The zero-order valence-corrected chi connectivity index (χ0v) is 9.55. The highest BCUT2D eigenvalue weighted by molar-refractivity contribution is 6.06. The molecule has 0 spiro atoms. The monoisotopic (exact) mass is 237 g/mol. The Balaban J connectivity index is 2.44. The zero-order valence-electron chi connectivity index (χ0n) is 9.55. The number of ether oxygens (including phenoxy) is 1. The van der Waals surface area contributed by atoms with E-state index in [1.807, 2.05) is 6.92 Å². The minimum Gasteiger partial charge on any atom is -0.508 e. The van der Waals surface area contributed by atoms with Crippen molar-refractivity contribution in [1.82, 2.24) is 0 Å². The molecule has 0 fully saturated rings. The molecule has 1 aliphatic rings. The van der Waals surface area contributed by atoms with Crippen molar-refractivity contribution in [1.29, 1.82) is 0 Å². The average molecular weight is 237 g/mol. The van der Waals surface area contributed by atoms with Gasteiger partial charge < -0.3 is 20.2 Å². The first-order chi connectivity index (χ1) is 8.15. The van der Waals surface area contributed by atoms with Crippen molar-refractivity contribution < 1.29 is 20.2 Å². The Kier molecular flexibility index (Phi) is 3.08. The first-order valence-corrected chi connectivity index (χ1v) is 5.59. The predicted molar refractivity (Wildman–Crippen MR) is 62.0 cm³/mol. The normalized spacial score (nSPS) is 21.0. The van der Waals surface area contributed by atoms with Gasteiger partial charge in [0.15, 0.2) is 0 Å². The summed E-state index contributed by atoms with van der Waals surface area (Å²) in [5.74, 6) is 0.151. The standard InChI is InChI=1S/C12H15NO4/c1-2-3-8-6-9(13-16)12-10(15)4-7(14)5-11(12)17-8/h4-5,8,14-16H,2-3,6H2,1H3/b13-9+. The molecule has 1 aromatic rings. The highest BCUT2D eigenvalue weighted by Gasteiger charge is 2.28. The number of phenolic OH excluding ortho intramolecular Hbond substituents is 2. The van der Waals surface area contributed by atoms with Gasteiger partial charge >= 0.3 is 0 Å². The van der Waals surface area contributed by atoms with Gasteiger partial charge in [-0.15, -0.1) is 0 Å². The zero-order chi connectivity index (χ0) is 12.4. The highest BCUT2D eigenvalue weighted by Crippen LogP contribution is 2.38. The van der Waals surface area contributed by atoms with Gasteiger partial charge in [0, 0.05) is 18.6 Å². The van der Waals surface area contributed by atoms with Gasteiger partial charge in [-0.3, -0.25) is 0 Å². The van der Waals surface area contributed by atoms with Crippen molar-refractivity contribution in [3.63, 3.8) is 0 Å². The first-order valence-electron chi connectivity index (χ1n) is 5.59. The number of benzene rings is 1. The number of nitrogens with zero attached hydrogens (tertiary/aromatic N) is 1. The molecule has 0 aromatic heterocycles. The molecule has 0 aliphatic carbocycles. The summed E-state index contributed by atoms with van der Waals surface area (Å²) < 4.78 is 5.65. The summed E-state index contributed by atoms with van der Waals surface area (Å²) in [5, 5.41) is 31.3. The van der Waals surface area contributed by atoms with Gasteiger partial charge in [0.05, 0.1) is 11.3 Å². The Morgan fingerprint density at radius 1 is 1.41 bits per heavy atom. The fourth-order valence-electron chi connectivity index (χ4n) is 2.08. The summed E-state index contributed by atoms with van der Waals surface area (Å²) in [4.78, 5) is 0. The van der Waals surface area contributed by atoms with Crippen LogP contribution >= 0.6 is 0 Å². The van der Waals surface area contributed by atoms with Crippen molar-refractivity contribution in [2.24, 2.45) is 5.16 Å². The van der Waals surface area contributed by atoms with E-state index in [4.69, 9.17) is 9.94 Å². The van der Waals surface area contributed by atoms with E-state index in [1.165, 1.54) is 12.1 Å². The van der Waals surface area contributed by atoms with E-state index in [2.05, 4.69) is 5.16 Å². The molecule has 5 heteroatoms. The molecular weight excluding hydrogens is 222 g/mol. The maximum absolute atomic E-state index is 9.72. The maximum Gasteiger partial charge on any atom is 0.136 e. The van der Waals surface area contributed by atoms with Crippen LogP contribution in [0, 0.1) is 0 Å². The minimum atomic E-state index is -0.136. The lowest BCUT2D eigenvalue weighted by Gasteiger charge is -2.27. The Hall–Kier alpha value is -1.91. The van der Waals surface area contributed by atoms with Crippen LogP contribution in [0.2, 0.25) is 0 Å². The lowest BCUT2D eigenvalue weighted by Crippen LogP contribution is -2.27. The topological polar surface area (TPSA) is 82.3 Å². The van der Waals surface area contributed by atoms with Crippen LogP contribution in [0.25, 0.3) is 0 Å². The average Bonchev–Trinajstić information content (AvgIpc) is 2.27. The third kappa shape index (κ3) is 2.13. The number of aromatic hydroxyl groups is 2. The summed E-state index contributed by atoms with van der Waals surface area (Å²) in [5.41, 5.74) is 0.750. The van der Waals surface area contributed by atoms with E-state index in [0.717, 1.165) is 12.8 Å². The molecule has 2 rings (SSSR count). The molecule has 0 saturated heterocycles. The SMILES string of the molecule is CCCC1C/C(=N\O)c2c(O)cc(O)cc2O1. The van der Waals surface area contributed by atoms with Crippen LogP contribution in [-0.4, -0.2) is 27.2 Å². The molecular formula is C12H15NO4. The highest BCUT2D eigenvalue weighted by atomic mass is 16.5. The van der Waals surface area contributed by atoms with E-state index in [-0.39, 0.29) is 17.6 Å². The molecule has 0 saturated carbocycles. The van der Waals surface area contributed by atoms with Crippen LogP contribution in [0.1, 0.15) is 31.7 Å². The third-order valence-corrected chi connectivity index (χ3v) is 2.80. The molecule has 3 N–H and O–H groups in total. The fraction of sp³-hybridized carbons (Fsp3) is 0.417.